The number of nitrogens with zero attached hydrogens (tertiary/aromatic N) is 1. The van der Waals surface area contributed by atoms with Crippen LogP contribution in [0.25, 0.3) is 10.2 Å². The predicted octanol–water partition coefficient (Wildman–Crippen LogP) is 1.96. The van der Waals surface area contributed by atoms with Crippen LogP contribution in [0.3, 0.4) is 0 Å². The van der Waals surface area contributed by atoms with Gasteiger partial charge >= 0.3 is 5.97 Å². The van der Waals surface area contributed by atoms with E-state index in [1.165, 1.54) is 20.2 Å². The van der Waals surface area contributed by atoms with Crippen LogP contribution < -0.4 is 10.1 Å². The minimum Gasteiger partial charge on any atom is -0.496 e. The molecule has 6 nitrogen and oxygen atoms in total. The van der Waals surface area contributed by atoms with Crippen LogP contribution in [-0.4, -0.2) is 29.1 Å². The molecular formula is C11H10N2O4S. The van der Waals surface area contributed by atoms with Crippen molar-refractivity contribution in [3.05, 3.63) is 17.1 Å². The van der Waals surface area contributed by atoms with Crippen LogP contribution in [0.1, 0.15) is 16.6 Å². The monoisotopic (exact) mass is 266 g/mol. The first kappa shape index (κ1) is 12.3. The number of hydrogen-bond acceptors (Lipinski definition) is 5. The van der Waals surface area contributed by atoms with Crippen molar-refractivity contribution in [1.29, 1.82) is 0 Å². The zero-order valence-corrected chi connectivity index (χ0v) is 10.5. The Morgan fingerprint density at radius 3 is 2.78 bits per heavy atom. The number of aromatic carboxylic acids is 1. The third-order valence-electron chi connectivity index (χ3n) is 2.27. The van der Waals surface area contributed by atoms with Crippen LogP contribution in [0.5, 0.6) is 5.75 Å². The molecule has 0 unspecified atom stereocenters. The van der Waals surface area contributed by atoms with E-state index >= 15 is 0 Å². The molecule has 1 amide bonds. The number of thiophene rings is 1. The third-order valence-corrected chi connectivity index (χ3v) is 3.35. The van der Waals surface area contributed by atoms with Crippen LogP contribution in [-0.2, 0) is 4.79 Å². The SMILES string of the molecule is COc1ccnc2sc(C(=O)O)c(NC(C)=O)c12. The summed E-state index contributed by atoms with van der Waals surface area (Å²) in [6.07, 6.45) is 1.53. The lowest BCUT2D eigenvalue weighted by molar-refractivity contribution is -0.114. The number of ether oxygens (including phenoxy) is 1. The Balaban J connectivity index is 2.78. The maximum Gasteiger partial charge on any atom is 0.348 e. The van der Waals surface area contributed by atoms with Gasteiger partial charge in [0.25, 0.3) is 0 Å². The zero-order chi connectivity index (χ0) is 13.3. The van der Waals surface area contributed by atoms with Crippen molar-refractivity contribution >= 4 is 39.1 Å². The van der Waals surface area contributed by atoms with Gasteiger partial charge in [-0.05, 0) is 6.07 Å². The quantitative estimate of drug-likeness (QED) is 0.886. The van der Waals surface area contributed by atoms with Gasteiger partial charge in [0.15, 0.2) is 0 Å². The molecule has 0 aromatic carbocycles. The number of rotatable bonds is 3. The van der Waals surface area contributed by atoms with Crippen molar-refractivity contribution < 1.29 is 19.4 Å². The summed E-state index contributed by atoms with van der Waals surface area (Å²) in [5.41, 5.74) is 0.236. The molecule has 7 heteroatoms. The average Bonchev–Trinajstić information content (AvgIpc) is 2.67. The van der Waals surface area contributed by atoms with Gasteiger partial charge in [0, 0.05) is 13.1 Å². The standard InChI is InChI=1S/C11H10N2O4S/c1-5(14)13-8-7-6(17-2)3-4-12-10(7)18-9(8)11(15)16/h3-4H,1-2H3,(H,13,14)(H,15,16). The first-order valence-corrected chi connectivity index (χ1v) is 5.82. The fraction of sp³-hybridized carbons (Fsp3) is 0.182. The highest BCUT2D eigenvalue weighted by Gasteiger charge is 2.22. The number of anilines is 1. The van der Waals surface area contributed by atoms with E-state index in [1.54, 1.807) is 6.07 Å². The molecule has 2 N–H and O–H groups in total. The second-order valence-corrected chi connectivity index (χ2v) is 4.48. The second kappa shape index (κ2) is 4.61. The van der Waals surface area contributed by atoms with Crippen LogP contribution in [0, 0.1) is 0 Å². The number of aromatic nitrogens is 1. The average molecular weight is 266 g/mol. The second-order valence-electron chi connectivity index (χ2n) is 3.49. The van der Waals surface area contributed by atoms with Gasteiger partial charge in [0.1, 0.15) is 15.5 Å². The summed E-state index contributed by atoms with van der Waals surface area (Å²) in [6.45, 7) is 1.32. The van der Waals surface area contributed by atoms with Gasteiger partial charge in [-0.1, -0.05) is 0 Å². The summed E-state index contributed by atoms with van der Waals surface area (Å²) < 4.78 is 5.17. The summed E-state index contributed by atoms with van der Waals surface area (Å²) >= 11 is 0.998. The number of nitrogens with one attached hydrogen (secondary N) is 1. The van der Waals surface area contributed by atoms with E-state index in [9.17, 15) is 9.59 Å². The molecule has 0 fully saturated rings. The van der Waals surface area contributed by atoms with E-state index in [-0.39, 0.29) is 16.5 Å². The largest absolute Gasteiger partial charge is 0.496 e. The number of carbonyl (C=O) groups is 2. The van der Waals surface area contributed by atoms with Crippen LogP contribution in [0.4, 0.5) is 5.69 Å². The molecule has 0 saturated carbocycles. The van der Waals surface area contributed by atoms with Gasteiger partial charge < -0.3 is 15.2 Å². The Hall–Kier alpha value is -2.15. The van der Waals surface area contributed by atoms with Gasteiger partial charge in [-0.15, -0.1) is 11.3 Å². The molecule has 0 atom stereocenters. The fourth-order valence-electron chi connectivity index (χ4n) is 1.61. The molecule has 18 heavy (non-hydrogen) atoms. The molecular weight excluding hydrogens is 256 g/mol. The topological polar surface area (TPSA) is 88.5 Å². The third kappa shape index (κ3) is 2.00. The van der Waals surface area contributed by atoms with E-state index in [0.717, 1.165) is 11.3 Å². The number of pyridine rings is 1. The Morgan fingerprint density at radius 2 is 2.22 bits per heavy atom. The number of carboxylic acid groups (broad SMARTS) is 1. The molecule has 2 heterocycles. The van der Waals surface area contributed by atoms with Gasteiger partial charge in [-0.25, -0.2) is 9.78 Å². The Bertz CT molecular complexity index is 635. The molecule has 0 aliphatic rings. The van der Waals surface area contributed by atoms with Crippen molar-refractivity contribution in [2.75, 3.05) is 12.4 Å². The highest BCUT2D eigenvalue weighted by Crippen LogP contribution is 2.39. The van der Waals surface area contributed by atoms with Gasteiger partial charge in [-0.3, -0.25) is 4.79 Å². The Labute approximate surface area is 106 Å². The van der Waals surface area contributed by atoms with Crippen LogP contribution in [0.15, 0.2) is 12.3 Å². The van der Waals surface area contributed by atoms with Crippen molar-refractivity contribution in [1.82, 2.24) is 4.98 Å². The summed E-state index contributed by atoms with van der Waals surface area (Å²) in [4.78, 5) is 27.0. The number of methoxy groups -OCH3 is 1. The van der Waals surface area contributed by atoms with Crippen LogP contribution in [0.2, 0.25) is 0 Å². The van der Waals surface area contributed by atoms with Gasteiger partial charge in [-0.2, -0.15) is 0 Å². The smallest absolute Gasteiger partial charge is 0.348 e. The Morgan fingerprint density at radius 1 is 1.50 bits per heavy atom. The summed E-state index contributed by atoms with van der Waals surface area (Å²) in [7, 11) is 1.48. The van der Waals surface area contributed by atoms with Crippen molar-refractivity contribution in [3.63, 3.8) is 0 Å². The molecule has 94 valence electrons. The summed E-state index contributed by atoms with van der Waals surface area (Å²) in [6, 6.07) is 1.62. The molecule has 0 aliphatic heterocycles. The highest BCUT2D eigenvalue weighted by atomic mass is 32.1. The number of carboxylic acids is 1. The molecule has 2 aromatic rings. The van der Waals surface area contributed by atoms with Crippen molar-refractivity contribution in [2.45, 2.75) is 6.92 Å². The minimum atomic E-state index is -1.11. The minimum absolute atomic E-state index is 0.0391. The highest BCUT2D eigenvalue weighted by molar-refractivity contribution is 7.21. The molecule has 2 rings (SSSR count). The lowest BCUT2D eigenvalue weighted by Gasteiger charge is -2.05. The number of amides is 1. The van der Waals surface area contributed by atoms with Gasteiger partial charge in [0.05, 0.1) is 18.2 Å². The van der Waals surface area contributed by atoms with Crippen molar-refractivity contribution in [2.24, 2.45) is 0 Å². The van der Waals surface area contributed by atoms with E-state index in [4.69, 9.17) is 9.84 Å². The van der Waals surface area contributed by atoms with E-state index in [0.29, 0.717) is 16.0 Å². The molecule has 2 aromatic heterocycles. The molecule has 0 bridgehead atoms. The molecule has 0 aliphatic carbocycles. The first-order chi connectivity index (χ1) is 8.54. The number of carbonyl (C=O) groups excluding carboxylic acids is 1. The summed E-state index contributed by atoms with van der Waals surface area (Å²) in [5, 5.41) is 12.2. The Kier molecular flexibility index (Phi) is 3.15. The number of fused-ring (bicyclic) bond motifs is 1. The normalized spacial score (nSPS) is 10.3. The lowest BCUT2D eigenvalue weighted by Crippen LogP contribution is -2.09. The first-order valence-electron chi connectivity index (χ1n) is 5.01. The van der Waals surface area contributed by atoms with E-state index in [2.05, 4.69) is 10.3 Å². The predicted molar refractivity (Wildman–Crippen MR) is 67.4 cm³/mol. The van der Waals surface area contributed by atoms with Crippen molar-refractivity contribution in [3.8, 4) is 5.75 Å². The van der Waals surface area contributed by atoms with Crippen LogP contribution >= 0.6 is 11.3 Å². The summed E-state index contributed by atoms with van der Waals surface area (Å²) in [5.74, 6) is -0.973. The number of hydrogen-bond donors (Lipinski definition) is 2. The van der Waals surface area contributed by atoms with E-state index in [1.807, 2.05) is 0 Å². The molecule has 0 spiro atoms. The molecule has 0 saturated heterocycles. The fourth-order valence-corrected chi connectivity index (χ4v) is 2.56. The lowest BCUT2D eigenvalue weighted by atomic mass is 10.2. The molecule has 0 radical (unpaired) electrons. The zero-order valence-electron chi connectivity index (χ0n) is 9.68. The maximum absolute atomic E-state index is 11.2. The van der Waals surface area contributed by atoms with Gasteiger partial charge in [0.2, 0.25) is 5.91 Å². The maximum atomic E-state index is 11.2. The van der Waals surface area contributed by atoms with E-state index < -0.39 is 5.97 Å².